The Balaban J connectivity index is 1.59. The van der Waals surface area contributed by atoms with Gasteiger partial charge >= 0.3 is 11.7 Å². The highest BCUT2D eigenvalue weighted by Crippen LogP contribution is 2.32. The van der Waals surface area contributed by atoms with E-state index in [-0.39, 0.29) is 11.7 Å². The first-order chi connectivity index (χ1) is 12.7. The maximum atomic E-state index is 11.4. The van der Waals surface area contributed by atoms with Crippen LogP contribution in [-0.4, -0.2) is 14.3 Å². The van der Waals surface area contributed by atoms with Crippen molar-refractivity contribution in [2.45, 2.75) is 0 Å². The molecule has 0 amide bonds. The fourth-order valence-electron chi connectivity index (χ4n) is 2.60. The molecule has 1 N–H and O–H groups in total. The van der Waals surface area contributed by atoms with E-state index in [9.17, 15) is 10.1 Å². The third kappa shape index (κ3) is 3.05. The number of nitrogens with zero attached hydrogens (tertiary/aromatic N) is 3. The first kappa shape index (κ1) is 15.6. The first-order valence-corrected chi connectivity index (χ1v) is 7.92. The van der Waals surface area contributed by atoms with Gasteiger partial charge in [-0.05, 0) is 47.4 Å². The van der Waals surface area contributed by atoms with Crippen molar-refractivity contribution < 1.29 is 9.66 Å². The van der Waals surface area contributed by atoms with Gasteiger partial charge in [-0.1, -0.05) is 24.3 Å². The molecule has 7 nitrogen and oxygen atoms in total. The molecule has 4 rings (SSSR count). The number of anilines is 2. The van der Waals surface area contributed by atoms with E-state index >= 15 is 0 Å². The first-order valence-electron chi connectivity index (χ1n) is 7.92. The highest BCUT2D eigenvalue weighted by Gasteiger charge is 2.24. The largest absolute Gasteiger partial charge is 0.433 e. The van der Waals surface area contributed by atoms with Gasteiger partial charge in [0.25, 0.3) is 0 Å². The summed E-state index contributed by atoms with van der Waals surface area (Å²) in [4.78, 5) is 15.1. The van der Waals surface area contributed by atoms with Gasteiger partial charge in [0.05, 0.1) is 6.20 Å². The van der Waals surface area contributed by atoms with E-state index in [4.69, 9.17) is 4.74 Å². The summed E-state index contributed by atoms with van der Waals surface area (Å²) in [6, 6.07) is 22.1. The van der Waals surface area contributed by atoms with Crippen LogP contribution in [0, 0.1) is 10.1 Å². The summed E-state index contributed by atoms with van der Waals surface area (Å²) >= 11 is 0. The standard InChI is InChI=1S/C19H14N4O3/c24-23(25)19-18(21-17-8-4-5-13-22(17)19)26-16-11-9-15(10-12-16)20-14-6-2-1-3-7-14/h1-13,20H. The van der Waals surface area contributed by atoms with Crippen LogP contribution in [-0.2, 0) is 0 Å². The van der Waals surface area contributed by atoms with Crippen LogP contribution in [0.25, 0.3) is 5.65 Å². The lowest BCUT2D eigenvalue weighted by molar-refractivity contribution is -0.391. The summed E-state index contributed by atoms with van der Waals surface area (Å²) in [5.41, 5.74) is 2.31. The molecule has 0 atom stereocenters. The Hall–Kier alpha value is -3.87. The number of benzene rings is 2. The van der Waals surface area contributed by atoms with Crippen LogP contribution < -0.4 is 10.1 Å². The molecule has 128 valence electrons. The molecule has 26 heavy (non-hydrogen) atoms. The molecule has 0 saturated carbocycles. The number of pyridine rings is 1. The third-order valence-electron chi connectivity index (χ3n) is 3.78. The molecule has 0 aliphatic carbocycles. The summed E-state index contributed by atoms with van der Waals surface area (Å²) in [7, 11) is 0. The van der Waals surface area contributed by atoms with Gasteiger partial charge < -0.3 is 20.2 Å². The van der Waals surface area contributed by atoms with E-state index in [0.29, 0.717) is 11.4 Å². The Kier molecular flexibility index (Phi) is 3.95. The number of para-hydroxylation sites is 1. The van der Waals surface area contributed by atoms with E-state index < -0.39 is 4.92 Å². The zero-order valence-electron chi connectivity index (χ0n) is 13.6. The summed E-state index contributed by atoms with van der Waals surface area (Å²) in [6.07, 6.45) is 1.58. The normalized spacial score (nSPS) is 10.6. The smallest absolute Gasteiger partial charge is 0.392 e. The Labute approximate surface area is 148 Å². The van der Waals surface area contributed by atoms with Crippen molar-refractivity contribution >= 4 is 22.8 Å². The predicted octanol–water partition coefficient (Wildman–Crippen LogP) is 4.78. The molecule has 0 unspecified atom stereocenters. The minimum atomic E-state index is -0.499. The lowest BCUT2D eigenvalue weighted by Crippen LogP contribution is -1.96. The van der Waals surface area contributed by atoms with Gasteiger partial charge in [-0.3, -0.25) is 0 Å². The second kappa shape index (κ2) is 6.56. The number of hydrogen-bond acceptors (Lipinski definition) is 5. The zero-order chi connectivity index (χ0) is 17.9. The second-order valence-corrected chi connectivity index (χ2v) is 5.54. The Morgan fingerprint density at radius 3 is 2.35 bits per heavy atom. The van der Waals surface area contributed by atoms with Gasteiger partial charge in [-0.15, -0.1) is 0 Å². The number of nitrogens with one attached hydrogen (secondary N) is 1. The molecule has 2 heterocycles. The van der Waals surface area contributed by atoms with E-state index in [2.05, 4.69) is 10.3 Å². The summed E-state index contributed by atoms with van der Waals surface area (Å²) < 4.78 is 7.05. The average Bonchev–Trinajstić information content (AvgIpc) is 3.02. The minimum absolute atomic E-state index is 0.0371. The molecule has 2 aromatic heterocycles. The molecule has 7 heteroatoms. The van der Waals surface area contributed by atoms with Crippen LogP contribution in [0.4, 0.5) is 17.2 Å². The predicted molar refractivity (Wildman–Crippen MR) is 98.1 cm³/mol. The molecular weight excluding hydrogens is 332 g/mol. The monoisotopic (exact) mass is 346 g/mol. The lowest BCUT2D eigenvalue weighted by Gasteiger charge is -2.07. The Morgan fingerprint density at radius 1 is 0.923 bits per heavy atom. The van der Waals surface area contributed by atoms with Crippen LogP contribution in [0.3, 0.4) is 0 Å². The molecule has 0 aliphatic heterocycles. The number of imidazole rings is 1. The van der Waals surface area contributed by atoms with Crippen molar-refractivity contribution in [1.82, 2.24) is 9.38 Å². The third-order valence-corrected chi connectivity index (χ3v) is 3.78. The average molecular weight is 346 g/mol. The second-order valence-electron chi connectivity index (χ2n) is 5.54. The van der Waals surface area contributed by atoms with Crippen molar-refractivity contribution in [2.75, 3.05) is 5.32 Å². The fourth-order valence-corrected chi connectivity index (χ4v) is 2.60. The van der Waals surface area contributed by atoms with E-state index in [1.54, 1.807) is 36.5 Å². The van der Waals surface area contributed by atoms with Gasteiger partial charge in [0.2, 0.25) is 5.65 Å². The number of rotatable bonds is 5. The van der Waals surface area contributed by atoms with Crippen LogP contribution in [0.1, 0.15) is 0 Å². The van der Waals surface area contributed by atoms with Crippen LogP contribution >= 0.6 is 0 Å². The summed E-state index contributed by atoms with van der Waals surface area (Å²) in [6.45, 7) is 0. The molecule has 0 aliphatic rings. The van der Waals surface area contributed by atoms with Gasteiger partial charge in [0, 0.05) is 17.4 Å². The van der Waals surface area contributed by atoms with Crippen molar-refractivity contribution in [3.05, 3.63) is 89.1 Å². The number of aromatic nitrogens is 2. The summed E-state index contributed by atoms with van der Waals surface area (Å²) in [5.74, 6) is 0.229. The van der Waals surface area contributed by atoms with Crippen LogP contribution in [0.2, 0.25) is 0 Å². The van der Waals surface area contributed by atoms with Crippen molar-refractivity contribution in [3.63, 3.8) is 0 Å². The van der Waals surface area contributed by atoms with Crippen LogP contribution in [0.5, 0.6) is 11.6 Å². The molecule has 0 fully saturated rings. The minimum Gasteiger partial charge on any atom is -0.433 e. The molecule has 0 bridgehead atoms. The number of nitro groups is 1. The van der Waals surface area contributed by atoms with Crippen molar-refractivity contribution in [1.29, 1.82) is 0 Å². The maximum Gasteiger partial charge on any atom is 0.392 e. The molecule has 0 radical (unpaired) electrons. The number of fused-ring (bicyclic) bond motifs is 1. The van der Waals surface area contributed by atoms with Gasteiger partial charge in [0.1, 0.15) is 5.75 Å². The number of ether oxygens (including phenoxy) is 1. The fraction of sp³-hybridized carbons (Fsp3) is 0. The summed E-state index contributed by atoms with van der Waals surface area (Å²) in [5, 5.41) is 14.7. The highest BCUT2D eigenvalue weighted by molar-refractivity contribution is 5.60. The zero-order valence-corrected chi connectivity index (χ0v) is 13.6. The number of hydrogen-bond donors (Lipinski definition) is 1. The van der Waals surface area contributed by atoms with Gasteiger partial charge in [-0.2, -0.15) is 9.38 Å². The molecular formula is C19H14N4O3. The highest BCUT2D eigenvalue weighted by atomic mass is 16.6. The molecule has 0 saturated heterocycles. The van der Waals surface area contributed by atoms with Gasteiger partial charge in [-0.25, -0.2) is 0 Å². The van der Waals surface area contributed by atoms with Crippen molar-refractivity contribution in [3.8, 4) is 11.6 Å². The van der Waals surface area contributed by atoms with E-state index in [1.807, 2.05) is 42.5 Å². The topological polar surface area (TPSA) is 81.7 Å². The van der Waals surface area contributed by atoms with Crippen molar-refractivity contribution in [2.24, 2.45) is 0 Å². The Bertz CT molecular complexity index is 1060. The maximum absolute atomic E-state index is 11.4. The Morgan fingerprint density at radius 2 is 1.62 bits per heavy atom. The lowest BCUT2D eigenvalue weighted by atomic mass is 10.2. The quantitative estimate of drug-likeness (QED) is 0.415. The molecule has 0 spiro atoms. The SMILES string of the molecule is O=[N+]([O-])c1c(Oc2ccc(Nc3ccccc3)cc2)nc2ccccn12. The van der Waals surface area contributed by atoms with E-state index in [0.717, 1.165) is 11.4 Å². The molecule has 2 aromatic carbocycles. The van der Waals surface area contributed by atoms with Crippen LogP contribution in [0.15, 0.2) is 79.0 Å². The van der Waals surface area contributed by atoms with E-state index in [1.165, 1.54) is 4.40 Å². The van der Waals surface area contributed by atoms with Gasteiger partial charge in [0.15, 0.2) is 0 Å². The molecule has 4 aromatic rings.